The summed E-state index contributed by atoms with van der Waals surface area (Å²) in [5.74, 6) is -1.42. The largest absolute Gasteiger partial charge is 0.457 e. The van der Waals surface area contributed by atoms with E-state index in [0.717, 1.165) is 5.57 Å². The van der Waals surface area contributed by atoms with Gasteiger partial charge in [-0.2, -0.15) is 0 Å². The Morgan fingerprint density at radius 2 is 2.03 bits per heavy atom. The third-order valence-corrected chi connectivity index (χ3v) is 8.18. The quantitative estimate of drug-likeness (QED) is 0.711. The highest BCUT2D eigenvalue weighted by Crippen LogP contribution is 2.67. The molecule has 4 aliphatic carbocycles. The Morgan fingerprint density at radius 1 is 1.30 bits per heavy atom. The summed E-state index contributed by atoms with van der Waals surface area (Å²) in [5.41, 5.74) is -2.32. The Hall–Kier alpha value is -2.08. The second-order valence-electron chi connectivity index (χ2n) is 9.56. The second kappa shape index (κ2) is 6.98. The van der Waals surface area contributed by atoms with Gasteiger partial charge in [0.25, 0.3) is 0 Å². The van der Waals surface area contributed by atoms with Crippen molar-refractivity contribution in [1.82, 2.24) is 0 Å². The van der Waals surface area contributed by atoms with Gasteiger partial charge in [0, 0.05) is 28.7 Å². The van der Waals surface area contributed by atoms with Gasteiger partial charge in [-0.05, 0) is 50.7 Å². The summed E-state index contributed by atoms with van der Waals surface area (Å²) in [7, 11) is 0. The smallest absolute Gasteiger partial charge is 0.305 e. The first-order valence-electron chi connectivity index (χ1n) is 10.8. The van der Waals surface area contributed by atoms with Crippen molar-refractivity contribution in [3.8, 4) is 0 Å². The highest BCUT2D eigenvalue weighted by Gasteiger charge is 2.69. The molecule has 4 aliphatic rings. The molecule has 6 heteroatoms. The van der Waals surface area contributed by atoms with Crippen LogP contribution in [0.25, 0.3) is 0 Å². The van der Waals surface area contributed by atoms with Crippen LogP contribution in [0.1, 0.15) is 52.9 Å². The van der Waals surface area contributed by atoms with Crippen LogP contribution >= 0.6 is 0 Å². The number of carbonyl (C=O) groups is 3. The fourth-order valence-electron chi connectivity index (χ4n) is 6.54. The van der Waals surface area contributed by atoms with Gasteiger partial charge in [-0.25, -0.2) is 4.39 Å². The van der Waals surface area contributed by atoms with E-state index >= 15 is 4.39 Å². The standard InChI is InChI=1S/C24H29FO5/c1-4-21(29)30-13-19(27)18-8-7-16-17-6-5-14-11-15(26)9-10-23(14,3)24(17,25)20(28)12-22(16,18)2/h8-11,16-17,20,28H,4-7,12-13H2,1-3H3/t16?,17?,20?,22-,23-,24-/m0/s1. The minimum atomic E-state index is -1.90. The fraction of sp³-hybridized carbons (Fsp3) is 0.625. The minimum absolute atomic E-state index is 0.120. The lowest BCUT2D eigenvalue weighted by atomic mass is 9.45. The van der Waals surface area contributed by atoms with Crippen LogP contribution in [0.5, 0.6) is 0 Å². The van der Waals surface area contributed by atoms with E-state index in [-0.39, 0.29) is 36.9 Å². The third-order valence-electron chi connectivity index (χ3n) is 8.18. The number of fused-ring (bicyclic) bond motifs is 5. The molecule has 162 valence electrons. The van der Waals surface area contributed by atoms with Crippen molar-refractivity contribution in [2.45, 2.75) is 64.6 Å². The number of hydrogen-bond donors (Lipinski definition) is 1. The Kier molecular flexibility index (Phi) is 4.92. The zero-order chi connectivity index (χ0) is 21.9. The number of aliphatic hydroxyl groups excluding tert-OH is 1. The number of rotatable bonds is 4. The molecule has 4 rings (SSSR count). The summed E-state index contributed by atoms with van der Waals surface area (Å²) in [5, 5.41) is 11.2. The van der Waals surface area contributed by atoms with Crippen molar-refractivity contribution in [3.05, 3.63) is 35.5 Å². The summed E-state index contributed by atoms with van der Waals surface area (Å²) in [6.45, 7) is 5.04. The number of allylic oxidation sites excluding steroid dienone is 5. The molecule has 0 heterocycles. The molecule has 2 saturated carbocycles. The van der Waals surface area contributed by atoms with Crippen LogP contribution in [0, 0.1) is 22.7 Å². The van der Waals surface area contributed by atoms with Gasteiger partial charge < -0.3 is 9.84 Å². The Bertz CT molecular complexity index is 901. The molecule has 0 amide bonds. The number of esters is 1. The van der Waals surface area contributed by atoms with Crippen molar-refractivity contribution in [2.75, 3.05) is 6.61 Å². The molecular formula is C24H29FO5. The molecule has 0 aliphatic heterocycles. The zero-order valence-electron chi connectivity index (χ0n) is 17.7. The predicted octanol–water partition coefficient (Wildman–Crippen LogP) is 3.42. The molecule has 6 atom stereocenters. The number of Topliss-reactive ketones (excluding diaryl/α,β-unsaturated/α-hetero) is 1. The average Bonchev–Trinajstić information content (AvgIpc) is 3.04. The number of ketones is 2. The number of alkyl halides is 1. The van der Waals surface area contributed by atoms with Gasteiger partial charge in [0.1, 0.15) is 0 Å². The van der Waals surface area contributed by atoms with Crippen LogP contribution in [0.4, 0.5) is 4.39 Å². The molecule has 3 unspecified atom stereocenters. The van der Waals surface area contributed by atoms with Gasteiger partial charge in [-0.1, -0.05) is 31.6 Å². The van der Waals surface area contributed by atoms with Crippen LogP contribution in [0.2, 0.25) is 0 Å². The number of ether oxygens (including phenoxy) is 1. The lowest BCUT2D eigenvalue weighted by molar-refractivity contribution is -0.185. The summed E-state index contributed by atoms with van der Waals surface area (Å²) < 4.78 is 21.9. The third kappa shape index (κ3) is 2.72. The Labute approximate surface area is 176 Å². The maximum atomic E-state index is 16.9. The number of hydrogen-bond acceptors (Lipinski definition) is 5. The fourth-order valence-corrected chi connectivity index (χ4v) is 6.54. The van der Waals surface area contributed by atoms with E-state index < -0.39 is 34.5 Å². The van der Waals surface area contributed by atoms with Crippen LogP contribution < -0.4 is 0 Å². The van der Waals surface area contributed by atoms with Crippen LogP contribution in [-0.2, 0) is 19.1 Å². The maximum absolute atomic E-state index is 16.9. The molecular weight excluding hydrogens is 387 g/mol. The van der Waals surface area contributed by atoms with Gasteiger partial charge >= 0.3 is 5.97 Å². The highest BCUT2D eigenvalue weighted by molar-refractivity contribution is 6.01. The molecule has 0 aromatic carbocycles. The Balaban J connectivity index is 1.65. The van der Waals surface area contributed by atoms with Crippen molar-refractivity contribution in [3.63, 3.8) is 0 Å². The number of aliphatic hydroxyl groups is 1. The normalized spacial score (nSPS) is 41.9. The predicted molar refractivity (Wildman–Crippen MR) is 108 cm³/mol. The Morgan fingerprint density at radius 3 is 2.73 bits per heavy atom. The van der Waals surface area contributed by atoms with E-state index in [1.54, 1.807) is 19.9 Å². The van der Waals surface area contributed by atoms with Crippen LogP contribution in [0.15, 0.2) is 35.5 Å². The molecule has 30 heavy (non-hydrogen) atoms. The van der Waals surface area contributed by atoms with Crippen LogP contribution in [0.3, 0.4) is 0 Å². The summed E-state index contributed by atoms with van der Waals surface area (Å²) in [4.78, 5) is 36.1. The monoisotopic (exact) mass is 416 g/mol. The first-order chi connectivity index (χ1) is 14.1. The highest BCUT2D eigenvalue weighted by atomic mass is 19.1. The van der Waals surface area contributed by atoms with Crippen molar-refractivity contribution in [1.29, 1.82) is 0 Å². The SMILES string of the molecule is CCC(=O)OCC(=O)C1=CCC2C3CCC4=CC(=O)C=C[C@]4(C)[C@@]3(F)C(O)C[C@]12C. The van der Waals surface area contributed by atoms with E-state index in [2.05, 4.69) is 0 Å². The number of halogens is 1. The van der Waals surface area contributed by atoms with Gasteiger partial charge in [-0.15, -0.1) is 0 Å². The average molecular weight is 416 g/mol. The van der Waals surface area contributed by atoms with Gasteiger partial charge in [0.05, 0.1) is 6.10 Å². The van der Waals surface area contributed by atoms with Gasteiger partial charge in [0.2, 0.25) is 0 Å². The summed E-state index contributed by atoms with van der Waals surface area (Å²) >= 11 is 0. The molecule has 5 nitrogen and oxygen atoms in total. The summed E-state index contributed by atoms with van der Waals surface area (Å²) in [6.07, 6.45) is 7.11. The first kappa shape index (κ1) is 21.2. The molecule has 0 aromatic rings. The van der Waals surface area contributed by atoms with Gasteiger partial charge in [0.15, 0.2) is 23.8 Å². The van der Waals surface area contributed by atoms with Crippen molar-refractivity contribution < 1.29 is 28.6 Å². The molecule has 0 radical (unpaired) electrons. The lowest BCUT2D eigenvalue weighted by Gasteiger charge is -2.61. The molecule has 1 N–H and O–H groups in total. The topological polar surface area (TPSA) is 80.7 Å². The van der Waals surface area contributed by atoms with Crippen LogP contribution in [-0.4, -0.2) is 41.0 Å². The second-order valence-corrected chi connectivity index (χ2v) is 9.56. The summed E-state index contributed by atoms with van der Waals surface area (Å²) in [6, 6.07) is 0. The molecule has 0 spiro atoms. The van der Waals surface area contributed by atoms with Crippen molar-refractivity contribution in [2.24, 2.45) is 22.7 Å². The molecule has 0 bridgehead atoms. The molecule has 0 aromatic heterocycles. The van der Waals surface area contributed by atoms with E-state index in [4.69, 9.17) is 4.74 Å². The van der Waals surface area contributed by atoms with E-state index in [9.17, 15) is 19.5 Å². The molecule has 0 saturated heterocycles. The number of carbonyl (C=O) groups excluding carboxylic acids is 3. The van der Waals surface area contributed by atoms with Crippen molar-refractivity contribution >= 4 is 17.5 Å². The first-order valence-corrected chi connectivity index (χ1v) is 10.8. The minimum Gasteiger partial charge on any atom is -0.457 e. The lowest BCUT2D eigenvalue weighted by Crippen LogP contribution is -2.66. The maximum Gasteiger partial charge on any atom is 0.305 e. The van der Waals surface area contributed by atoms with E-state index in [1.807, 2.05) is 13.0 Å². The van der Waals surface area contributed by atoms with E-state index in [1.165, 1.54) is 12.2 Å². The van der Waals surface area contributed by atoms with E-state index in [0.29, 0.717) is 24.8 Å². The van der Waals surface area contributed by atoms with Gasteiger partial charge in [-0.3, -0.25) is 14.4 Å². The zero-order valence-corrected chi connectivity index (χ0v) is 17.7. The molecule has 2 fully saturated rings.